The summed E-state index contributed by atoms with van der Waals surface area (Å²) in [4.78, 5) is 17.9. The van der Waals surface area contributed by atoms with Gasteiger partial charge in [0.25, 0.3) is 0 Å². The van der Waals surface area contributed by atoms with Gasteiger partial charge in [0.1, 0.15) is 0 Å². The lowest BCUT2D eigenvalue weighted by molar-refractivity contribution is 0.106. The average Bonchev–Trinajstić information content (AvgIpc) is 2.64. The lowest BCUT2D eigenvalue weighted by Gasteiger charge is -2.28. The van der Waals surface area contributed by atoms with Crippen LogP contribution in [0.2, 0.25) is 0 Å². The molecule has 0 saturated heterocycles. The zero-order valence-corrected chi connectivity index (χ0v) is 19.9. The van der Waals surface area contributed by atoms with E-state index in [2.05, 4.69) is 6.92 Å². The smallest absolute Gasteiger partial charge is 0.303 e. The standard InChI is InChI=1S/C22H45O4PS/c1-2-3-4-5-6-7-8-9-10-11-12-13-14-15-19-28-22-18-16-17-21(20-22)26-27(23,24)25/h21-22H,2-20H2,1H3,(H2,23,24,25)/t21-,22-/m1/s1. The molecule has 4 nitrogen and oxygen atoms in total. The topological polar surface area (TPSA) is 66.8 Å². The molecule has 0 radical (unpaired) electrons. The molecular weight excluding hydrogens is 391 g/mol. The normalized spacial score (nSPS) is 20.5. The fraction of sp³-hybridized carbons (Fsp3) is 1.00. The molecule has 28 heavy (non-hydrogen) atoms. The van der Waals surface area contributed by atoms with Crippen LogP contribution < -0.4 is 0 Å². The summed E-state index contributed by atoms with van der Waals surface area (Å²) in [6.45, 7) is 2.28. The first-order valence-corrected chi connectivity index (χ1v) is 14.4. The number of thioether (sulfide) groups is 1. The molecule has 1 saturated carbocycles. The molecule has 0 unspecified atom stereocenters. The Hall–Kier alpha value is 0.460. The van der Waals surface area contributed by atoms with Crippen LogP contribution in [0.4, 0.5) is 0 Å². The minimum absolute atomic E-state index is 0.261. The van der Waals surface area contributed by atoms with Crippen LogP contribution in [-0.2, 0) is 9.09 Å². The van der Waals surface area contributed by atoms with Crippen molar-refractivity contribution < 1.29 is 18.9 Å². The highest BCUT2D eigenvalue weighted by atomic mass is 32.2. The molecule has 0 bridgehead atoms. The Kier molecular flexibility index (Phi) is 16.2. The van der Waals surface area contributed by atoms with Gasteiger partial charge in [0.05, 0.1) is 6.10 Å². The SMILES string of the molecule is CCCCCCCCCCCCCCCCS[C@@H]1CCC[C@@H](OP(=O)(O)O)C1. The molecule has 1 fully saturated rings. The van der Waals surface area contributed by atoms with Crippen molar-refractivity contribution in [1.82, 2.24) is 0 Å². The molecule has 2 N–H and O–H groups in total. The highest BCUT2D eigenvalue weighted by molar-refractivity contribution is 7.99. The molecule has 0 amide bonds. The number of phosphoric acid groups is 1. The summed E-state index contributed by atoms with van der Waals surface area (Å²) in [5, 5.41) is 0.507. The van der Waals surface area contributed by atoms with E-state index < -0.39 is 7.82 Å². The van der Waals surface area contributed by atoms with Gasteiger partial charge in [0, 0.05) is 5.25 Å². The van der Waals surface area contributed by atoms with E-state index >= 15 is 0 Å². The molecular formula is C22H45O4PS. The Labute approximate surface area is 178 Å². The molecule has 0 aromatic heterocycles. The number of hydrogen-bond donors (Lipinski definition) is 2. The molecule has 6 heteroatoms. The van der Waals surface area contributed by atoms with Crippen molar-refractivity contribution in [3.05, 3.63) is 0 Å². The quantitative estimate of drug-likeness (QED) is 0.171. The van der Waals surface area contributed by atoms with Gasteiger partial charge in [-0.1, -0.05) is 90.4 Å². The molecule has 0 aromatic rings. The molecule has 0 spiro atoms. The largest absolute Gasteiger partial charge is 0.469 e. The van der Waals surface area contributed by atoms with Crippen LogP contribution in [-0.4, -0.2) is 26.9 Å². The summed E-state index contributed by atoms with van der Waals surface area (Å²) in [7, 11) is -4.33. The summed E-state index contributed by atoms with van der Waals surface area (Å²) >= 11 is 1.98. The van der Waals surface area contributed by atoms with Gasteiger partial charge in [0.2, 0.25) is 0 Å². The van der Waals surface area contributed by atoms with E-state index in [1.807, 2.05) is 11.8 Å². The van der Waals surface area contributed by atoms with Crippen molar-refractivity contribution >= 4 is 19.6 Å². The van der Waals surface area contributed by atoms with Gasteiger partial charge in [-0.3, -0.25) is 4.52 Å². The molecule has 0 aromatic carbocycles. The van der Waals surface area contributed by atoms with Gasteiger partial charge < -0.3 is 9.79 Å². The van der Waals surface area contributed by atoms with E-state index in [9.17, 15) is 4.57 Å². The van der Waals surface area contributed by atoms with Gasteiger partial charge in [-0.25, -0.2) is 4.57 Å². The molecule has 168 valence electrons. The van der Waals surface area contributed by atoms with Crippen molar-refractivity contribution in [2.75, 3.05) is 5.75 Å². The van der Waals surface area contributed by atoms with Gasteiger partial charge in [-0.2, -0.15) is 11.8 Å². The van der Waals surface area contributed by atoms with Crippen molar-refractivity contribution in [2.24, 2.45) is 0 Å². The molecule has 2 atom stereocenters. The van der Waals surface area contributed by atoms with E-state index in [1.165, 1.54) is 95.6 Å². The first-order valence-electron chi connectivity index (χ1n) is 11.9. The molecule has 1 aliphatic rings. The monoisotopic (exact) mass is 436 g/mol. The Bertz CT molecular complexity index is 402. The summed E-state index contributed by atoms with van der Waals surface area (Å²) < 4.78 is 15.9. The third-order valence-corrected chi connectivity index (χ3v) is 7.71. The van der Waals surface area contributed by atoms with Crippen molar-refractivity contribution in [3.8, 4) is 0 Å². The van der Waals surface area contributed by atoms with E-state index in [4.69, 9.17) is 14.3 Å². The van der Waals surface area contributed by atoms with Gasteiger partial charge >= 0.3 is 7.82 Å². The number of hydrogen-bond acceptors (Lipinski definition) is 3. The van der Waals surface area contributed by atoms with Crippen molar-refractivity contribution in [2.45, 2.75) is 134 Å². The maximum absolute atomic E-state index is 11.0. The van der Waals surface area contributed by atoms with Gasteiger partial charge in [0.15, 0.2) is 0 Å². The number of phosphoric ester groups is 1. The zero-order valence-electron chi connectivity index (χ0n) is 18.2. The second-order valence-corrected chi connectivity index (χ2v) is 11.1. The van der Waals surface area contributed by atoms with Crippen LogP contribution >= 0.6 is 19.6 Å². The highest BCUT2D eigenvalue weighted by Crippen LogP contribution is 2.42. The van der Waals surface area contributed by atoms with Crippen LogP contribution in [0.15, 0.2) is 0 Å². The first kappa shape index (κ1) is 26.5. The third kappa shape index (κ3) is 16.3. The number of rotatable bonds is 18. The maximum atomic E-state index is 11.0. The van der Waals surface area contributed by atoms with Crippen LogP contribution in [0.3, 0.4) is 0 Å². The van der Waals surface area contributed by atoms with E-state index in [-0.39, 0.29) is 6.10 Å². The Morgan fingerprint density at radius 2 is 1.32 bits per heavy atom. The summed E-state index contributed by atoms with van der Waals surface area (Å²) in [5.41, 5.74) is 0. The molecule has 1 aliphatic carbocycles. The van der Waals surface area contributed by atoms with Crippen LogP contribution in [0.25, 0.3) is 0 Å². The minimum Gasteiger partial charge on any atom is -0.303 e. The Balaban J connectivity index is 1.83. The molecule has 1 rings (SSSR count). The summed E-state index contributed by atoms with van der Waals surface area (Å²) in [6.07, 6.45) is 22.9. The predicted molar refractivity (Wildman–Crippen MR) is 122 cm³/mol. The Morgan fingerprint density at radius 1 is 0.821 bits per heavy atom. The van der Waals surface area contributed by atoms with Crippen LogP contribution in [0, 0.1) is 0 Å². The first-order chi connectivity index (χ1) is 13.5. The predicted octanol–water partition coefficient (Wildman–Crippen LogP) is 7.62. The van der Waals surface area contributed by atoms with E-state index in [0.29, 0.717) is 5.25 Å². The lowest BCUT2D eigenvalue weighted by atomic mass is 9.97. The zero-order chi connectivity index (χ0) is 20.5. The fourth-order valence-electron chi connectivity index (χ4n) is 4.09. The second-order valence-electron chi connectivity index (χ2n) is 8.47. The lowest BCUT2D eigenvalue weighted by Crippen LogP contribution is -2.23. The van der Waals surface area contributed by atoms with E-state index in [0.717, 1.165) is 25.7 Å². The Morgan fingerprint density at radius 3 is 1.82 bits per heavy atom. The average molecular weight is 437 g/mol. The third-order valence-electron chi connectivity index (χ3n) is 5.72. The van der Waals surface area contributed by atoms with E-state index in [1.54, 1.807) is 0 Å². The minimum atomic E-state index is -4.33. The highest BCUT2D eigenvalue weighted by Gasteiger charge is 2.28. The summed E-state index contributed by atoms with van der Waals surface area (Å²) in [5.74, 6) is 1.17. The second kappa shape index (κ2) is 17.2. The fourth-order valence-corrected chi connectivity index (χ4v) is 6.06. The van der Waals surface area contributed by atoms with Crippen molar-refractivity contribution in [1.29, 1.82) is 0 Å². The number of unbranched alkanes of at least 4 members (excludes halogenated alkanes) is 13. The van der Waals surface area contributed by atoms with Gasteiger partial charge in [-0.05, 0) is 37.9 Å². The van der Waals surface area contributed by atoms with Crippen LogP contribution in [0.5, 0.6) is 0 Å². The molecule has 0 aliphatic heterocycles. The molecule has 0 heterocycles. The maximum Gasteiger partial charge on any atom is 0.469 e. The van der Waals surface area contributed by atoms with Gasteiger partial charge in [-0.15, -0.1) is 0 Å². The van der Waals surface area contributed by atoms with Crippen molar-refractivity contribution in [3.63, 3.8) is 0 Å². The van der Waals surface area contributed by atoms with Crippen LogP contribution in [0.1, 0.15) is 122 Å². The summed E-state index contributed by atoms with van der Waals surface area (Å²) in [6, 6.07) is 0.